The lowest BCUT2D eigenvalue weighted by atomic mass is 9.87. The second-order valence-electron chi connectivity index (χ2n) is 7.97. The van der Waals surface area contributed by atoms with Gasteiger partial charge in [-0.05, 0) is 44.1 Å². The molecule has 0 spiro atoms. The Bertz CT molecular complexity index is 732. The van der Waals surface area contributed by atoms with Gasteiger partial charge in [0.2, 0.25) is 5.91 Å². The fourth-order valence-corrected chi connectivity index (χ4v) is 5.03. The van der Waals surface area contributed by atoms with Crippen molar-refractivity contribution in [3.63, 3.8) is 0 Å². The Morgan fingerprint density at radius 2 is 1.64 bits per heavy atom. The van der Waals surface area contributed by atoms with E-state index in [1.807, 2.05) is 35.2 Å². The molecule has 3 heterocycles. The van der Waals surface area contributed by atoms with Gasteiger partial charge in [-0.25, -0.2) is 9.59 Å². The van der Waals surface area contributed by atoms with E-state index in [-0.39, 0.29) is 24.6 Å². The number of carbonyl (C=O) groups excluding carboxylic acids is 2. The average Bonchev–Trinajstić information content (AvgIpc) is 3.32. The van der Waals surface area contributed by atoms with Gasteiger partial charge < -0.3 is 14.7 Å². The zero-order chi connectivity index (χ0) is 19.7. The highest BCUT2D eigenvalue weighted by atomic mass is 16.6. The first-order chi connectivity index (χ1) is 13.6. The minimum absolute atomic E-state index is 0.0808. The highest BCUT2D eigenvalue weighted by Crippen LogP contribution is 2.40. The third kappa shape index (κ3) is 3.45. The molecular formula is C21H26N2O5. The van der Waals surface area contributed by atoms with Crippen LogP contribution in [0.25, 0.3) is 0 Å². The summed E-state index contributed by atoms with van der Waals surface area (Å²) in [6, 6.07) is 8.58. The molecule has 28 heavy (non-hydrogen) atoms. The average molecular weight is 386 g/mol. The molecule has 7 nitrogen and oxygen atoms in total. The van der Waals surface area contributed by atoms with E-state index in [1.165, 1.54) is 4.90 Å². The number of fused-ring (bicyclic) bond motifs is 2. The van der Waals surface area contributed by atoms with Crippen LogP contribution in [0.4, 0.5) is 4.79 Å². The highest BCUT2D eigenvalue weighted by Gasteiger charge is 2.50. The van der Waals surface area contributed by atoms with E-state index in [9.17, 15) is 19.5 Å². The number of likely N-dealkylation sites (tertiary alicyclic amines) is 1. The Hall–Kier alpha value is -2.57. The fraction of sp³-hybridized carbons (Fsp3) is 0.571. The molecule has 7 heteroatoms. The maximum atomic E-state index is 13.2. The van der Waals surface area contributed by atoms with Crippen molar-refractivity contribution in [3.05, 3.63) is 35.9 Å². The van der Waals surface area contributed by atoms with Gasteiger partial charge in [0.15, 0.2) is 0 Å². The van der Waals surface area contributed by atoms with Gasteiger partial charge in [0.05, 0.1) is 5.92 Å². The molecule has 2 bridgehead atoms. The van der Waals surface area contributed by atoms with Crippen LogP contribution < -0.4 is 0 Å². The molecule has 3 aliphatic heterocycles. The summed E-state index contributed by atoms with van der Waals surface area (Å²) in [6.45, 7) is 0.374. The molecule has 3 saturated heterocycles. The van der Waals surface area contributed by atoms with Crippen molar-refractivity contribution >= 4 is 18.0 Å². The van der Waals surface area contributed by atoms with Crippen LogP contribution in [-0.2, 0) is 20.9 Å². The molecule has 2 atom stereocenters. The molecule has 0 saturated carbocycles. The maximum absolute atomic E-state index is 13.2. The summed E-state index contributed by atoms with van der Waals surface area (Å²) >= 11 is 0. The van der Waals surface area contributed by atoms with E-state index >= 15 is 0 Å². The summed E-state index contributed by atoms with van der Waals surface area (Å²) < 4.78 is 5.35. The summed E-state index contributed by atoms with van der Waals surface area (Å²) in [5.74, 6) is -1.93. The second-order valence-corrected chi connectivity index (χ2v) is 7.97. The fourth-order valence-electron chi connectivity index (χ4n) is 5.03. The van der Waals surface area contributed by atoms with Crippen LogP contribution in [0.2, 0.25) is 0 Å². The van der Waals surface area contributed by atoms with Crippen molar-refractivity contribution in [2.75, 3.05) is 6.54 Å². The van der Waals surface area contributed by atoms with Gasteiger partial charge >= 0.3 is 12.1 Å². The number of carboxylic acids is 1. The summed E-state index contributed by atoms with van der Waals surface area (Å²) in [7, 11) is 0. The number of piperidine rings is 1. The Labute approximate surface area is 164 Å². The van der Waals surface area contributed by atoms with Crippen LogP contribution in [0.5, 0.6) is 0 Å². The van der Waals surface area contributed by atoms with Crippen molar-refractivity contribution in [1.29, 1.82) is 0 Å². The second kappa shape index (κ2) is 7.81. The monoisotopic (exact) mass is 386 g/mol. The number of amides is 2. The predicted octanol–water partition coefficient (Wildman–Crippen LogP) is 2.64. The molecule has 0 unspecified atom stereocenters. The number of rotatable bonds is 4. The van der Waals surface area contributed by atoms with E-state index in [0.717, 1.165) is 31.2 Å². The van der Waals surface area contributed by atoms with E-state index < -0.39 is 24.0 Å². The standard InChI is InChI=1S/C21H26N2O5/c24-19(23-15-8-9-16(23)11-10-15)17-7-4-12-22(18(17)20(25)26)21(27)28-13-14-5-2-1-3-6-14/h1-3,5-6,15-18H,4,7-13H2,(H,25,26)/t15?,16?,17-,18+/m0/s1. The number of hydrogen-bond acceptors (Lipinski definition) is 4. The molecule has 3 fully saturated rings. The normalized spacial score (nSPS) is 29.0. The molecule has 0 radical (unpaired) electrons. The molecule has 1 aromatic carbocycles. The van der Waals surface area contributed by atoms with E-state index in [0.29, 0.717) is 19.4 Å². The summed E-state index contributed by atoms with van der Waals surface area (Å²) in [5.41, 5.74) is 0.834. The smallest absolute Gasteiger partial charge is 0.410 e. The highest BCUT2D eigenvalue weighted by molar-refractivity contribution is 5.90. The van der Waals surface area contributed by atoms with Gasteiger partial charge in [-0.1, -0.05) is 30.3 Å². The Kier molecular flexibility index (Phi) is 5.24. The SMILES string of the molecule is O=C(O)[C@H]1[C@@H](C(=O)N2C3CCC2CC3)CCCN1C(=O)OCc1ccccc1. The van der Waals surface area contributed by atoms with Crippen LogP contribution in [0.15, 0.2) is 30.3 Å². The van der Waals surface area contributed by atoms with Crippen LogP contribution in [0.1, 0.15) is 44.1 Å². The number of aliphatic carboxylic acids is 1. The molecule has 1 aromatic rings. The third-order valence-corrected chi connectivity index (χ3v) is 6.35. The number of ether oxygens (including phenoxy) is 1. The first kappa shape index (κ1) is 18.8. The molecule has 3 aliphatic rings. The molecule has 4 rings (SSSR count). The van der Waals surface area contributed by atoms with Gasteiger partial charge in [0.1, 0.15) is 12.6 Å². The summed E-state index contributed by atoms with van der Waals surface area (Å²) in [6.07, 6.45) is 4.44. The molecular weight excluding hydrogens is 360 g/mol. The Morgan fingerprint density at radius 3 is 2.25 bits per heavy atom. The first-order valence-corrected chi connectivity index (χ1v) is 10.1. The molecule has 0 aliphatic carbocycles. The minimum Gasteiger partial charge on any atom is -0.480 e. The number of nitrogens with zero attached hydrogens (tertiary/aromatic N) is 2. The van der Waals surface area contributed by atoms with Crippen molar-refractivity contribution in [1.82, 2.24) is 9.80 Å². The number of carbonyl (C=O) groups is 3. The Morgan fingerprint density at radius 1 is 1.00 bits per heavy atom. The number of benzene rings is 1. The zero-order valence-corrected chi connectivity index (χ0v) is 15.8. The number of carboxylic acid groups (broad SMARTS) is 1. The topological polar surface area (TPSA) is 87.2 Å². The van der Waals surface area contributed by atoms with Crippen LogP contribution in [0.3, 0.4) is 0 Å². The largest absolute Gasteiger partial charge is 0.480 e. The van der Waals surface area contributed by atoms with Crippen molar-refractivity contribution in [3.8, 4) is 0 Å². The lowest BCUT2D eigenvalue weighted by molar-refractivity contribution is -0.154. The molecule has 1 N–H and O–H groups in total. The molecule has 2 amide bonds. The lowest BCUT2D eigenvalue weighted by Gasteiger charge is -2.39. The Balaban J connectivity index is 1.47. The molecule has 0 aromatic heterocycles. The van der Waals surface area contributed by atoms with Gasteiger partial charge in [0.25, 0.3) is 0 Å². The van der Waals surface area contributed by atoms with E-state index in [4.69, 9.17) is 4.74 Å². The van der Waals surface area contributed by atoms with Gasteiger partial charge in [-0.3, -0.25) is 9.69 Å². The predicted molar refractivity (Wildman–Crippen MR) is 100 cm³/mol. The lowest BCUT2D eigenvalue weighted by Crippen LogP contribution is -2.57. The van der Waals surface area contributed by atoms with Crippen LogP contribution in [0, 0.1) is 5.92 Å². The number of hydrogen-bond donors (Lipinski definition) is 1. The zero-order valence-electron chi connectivity index (χ0n) is 15.8. The molecule has 150 valence electrons. The van der Waals surface area contributed by atoms with Crippen molar-refractivity contribution < 1.29 is 24.2 Å². The van der Waals surface area contributed by atoms with Crippen molar-refractivity contribution in [2.45, 2.75) is 63.3 Å². The summed E-state index contributed by atoms with van der Waals surface area (Å²) in [5, 5.41) is 9.83. The van der Waals surface area contributed by atoms with E-state index in [2.05, 4.69) is 0 Å². The van der Waals surface area contributed by atoms with Crippen molar-refractivity contribution in [2.24, 2.45) is 5.92 Å². The quantitative estimate of drug-likeness (QED) is 0.860. The minimum atomic E-state index is -1.16. The van der Waals surface area contributed by atoms with Gasteiger partial charge in [0, 0.05) is 18.6 Å². The van der Waals surface area contributed by atoms with Crippen LogP contribution in [-0.4, -0.2) is 57.5 Å². The third-order valence-electron chi connectivity index (χ3n) is 6.35. The van der Waals surface area contributed by atoms with Crippen LogP contribution >= 0.6 is 0 Å². The summed E-state index contributed by atoms with van der Waals surface area (Å²) in [4.78, 5) is 41.0. The van der Waals surface area contributed by atoms with Gasteiger partial charge in [-0.2, -0.15) is 0 Å². The van der Waals surface area contributed by atoms with E-state index in [1.54, 1.807) is 0 Å². The maximum Gasteiger partial charge on any atom is 0.410 e. The van der Waals surface area contributed by atoms with Gasteiger partial charge in [-0.15, -0.1) is 0 Å². The first-order valence-electron chi connectivity index (χ1n) is 10.1.